The topological polar surface area (TPSA) is 17.1 Å². The highest BCUT2D eigenvalue weighted by Crippen LogP contribution is 2.48. The van der Waals surface area contributed by atoms with Crippen LogP contribution in [0.25, 0.3) is 0 Å². The Bertz CT molecular complexity index is 219. The van der Waals surface area contributed by atoms with E-state index in [0.717, 1.165) is 19.1 Å². The maximum Gasteiger partial charge on any atom is 0.119 e. The molecule has 0 radical (unpaired) electrons. The number of aldehydes is 1. The van der Waals surface area contributed by atoms with Crippen molar-refractivity contribution in [2.45, 2.75) is 65.2 Å². The van der Waals surface area contributed by atoms with Crippen molar-refractivity contribution in [3.8, 4) is 0 Å². The third-order valence-electron chi connectivity index (χ3n) is 3.64. The minimum atomic E-state index is 0.611. The predicted molar refractivity (Wildman–Crippen MR) is 64.9 cm³/mol. The Morgan fingerprint density at radius 2 is 2.00 bits per heavy atom. The van der Waals surface area contributed by atoms with Crippen molar-refractivity contribution in [2.75, 3.05) is 0 Å². The fourth-order valence-corrected chi connectivity index (χ4v) is 2.38. The fourth-order valence-electron chi connectivity index (χ4n) is 2.38. The number of hydrogen-bond donors (Lipinski definition) is 0. The largest absolute Gasteiger partial charge is 0.303 e. The number of allylic oxidation sites excluding steroid dienone is 2. The molecule has 0 atom stereocenters. The Labute approximate surface area is 93.9 Å². The van der Waals surface area contributed by atoms with Gasteiger partial charge in [0.05, 0.1) is 0 Å². The maximum atomic E-state index is 10.2. The Hall–Kier alpha value is -0.590. The van der Waals surface area contributed by atoms with Crippen LogP contribution in [-0.4, -0.2) is 6.29 Å². The second-order valence-electron chi connectivity index (χ2n) is 5.25. The van der Waals surface area contributed by atoms with E-state index in [1.54, 1.807) is 0 Å². The van der Waals surface area contributed by atoms with Crippen LogP contribution in [0.5, 0.6) is 0 Å². The van der Waals surface area contributed by atoms with Crippen LogP contribution in [0.2, 0.25) is 0 Å². The number of hydrogen-bond acceptors (Lipinski definition) is 1. The van der Waals surface area contributed by atoms with Crippen molar-refractivity contribution in [1.29, 1.82) is 0 Å². The number of carbonyl (C=O) groups is 1. The molecule has 0 aromatic heterocycles. The predicted octanol–water partition coefficient (Wildman–Crippen LogP) is 4.27. The van der Waals surface area contributed by atoms with Crippen LogP contribution in [0, 0.1) is 5.41 Å². The molecule has 1 fully saturated rings. The molecule has 15 heavy (non-hydrogen) atoms. The quantitative estimate of drug-likeness (QED) is 0.347. The van der Waals surface area contributed by atoms with Crippen LogP contribution in [0.3, 0.4) is 0 Å². The first kappa shape index (κ1) is 12.5. The van der Waals surface area contributed by atoms with Gasteiger partial charge in [0.25, 0.3) is 0 Å². The molecule has 0 heterocycles. The van der Waals surface area contributed by atoms with Crippen molar-refractivity contribution in [3.05, 3.63) is 11.6 Å². The smallest absolute Gasteiger partial charge is 0.119 e. The molecule has 0 bridgehead atoms. The summed E-state index contributed by atoms with van der Waals surface area (Å²) in [7, 11) is 0. The first-order valence-electron chi connectivity index (χ1n) is 6.26. The van der Waals surface area contributed by atoms with Crippen LogP contribution in [0.1, 0.15) is 65.2 Å². The number of rotatable bonds is 7. The molecule has 0 aromatic carbocycles. The van der Waals surface area contributed by atoms with Gasteiger partial charge in [-0.3, -0.25) is 0 Å². The summed E-state index contributed by atoms with van der Waals surface area (Å²) in [6, 6.07) is 0. The van der Waals surface area contributed by atoms with Crippen LogP contribution in [0.4, 0.5) is 0 Å². The van der Waals surface area contributed by atoms with E-state index in [1.807, 2.05) is 0 Å². The Morgan fingerprint density at radius 3 is 2.47 bits per heavy atom. The van der Waals surface area contributed by atoms with Crippen LogP contribution in [-0.2, 0) is 4.79 Å². The summed E-state index contributed by atoms with van der Waals surface area (Å²) in [6.07, 6.45) is 13.3. The molecule has 1 aliphatic carbocycles. The van der Waals surface area contributed by atoms with Gasteiger partial charge in [0, 0.05) is 6.42 Å². The Balaban J connectivity index is 2.26. The lowest BCUT2D eigenvalue weighted by Crippen LogP contribution is -2.28. The lowest BCUT2D eigenvalue weighted by molar-refractivity contribution is -0.108. The molecular weight excluding hydrogens is 184 g/mol. The lowest BCUT2D eigenvalue weighted by Gasteiger charge is -2.42. The van der Waals surface area contributed by atoms with E-state index in [4.69, 9.17) is 0 Å². The first-order valence-corrected chi connectivity index (χ1v) is 6.26. The molecule has 1 nitrogen and oxygen atoms in total. The van der Waals surface area contributed by atoms with Gasteiger partial charge in [-0.2, -0.15) is 0 Å². The summed E-state index contributed by atoms with van der Waals surface area (Å²) in [5, 5.41) is 0. The van der Waals surface area contributed by atoms with E-state index in [0.29, 0.717) is 5.41 Å². The average molecular weight is 208 g/mol. The maximum absolute atomic E-state index is 10.2. The van der Waals surface area contributed by atoms with Gasteiger partial charge < -0.3 is 4.79 Å². The van der Waals surface area contributed by atoms with Crippen molar-refractivity contribution < 1.29 is 4.79 Å². The third kappa shape index (κ3) is 4.19. The molecule has 1 aliphatic rings. The normalized spacial score (nSPS) is 18.0. The molecule has 0 N–H and O–H groups in total. The zero-order chi connectivity index (χ0) is 11.1. The van der Waals surface area contributed by atoms with E-state index >= 15 is 0 Å². The van der Waals surface area contributed by atoms with Gasteiger partial charge in [-0.05, 0) is 51.4 Å². The lowest BCUT2D eigenvalue weighted by atomic mass is 9.64. The first-order chi connectivity index (χ1) is 7.18. The monoisotopic (exact) mass is 208 g/mol. The van der Waals surface area contributed by atoms with Gasteiger partial charge in [0.1, 0.15) is 6.29 Å². The van der Waals surface area contributed by atoms with Gasteiger partial charge in [0.2, 0.25) is 0 Å². The molecule has 1 saturated carbocycles. The van der Waals surface area contributed by atoms with E-state index in [9.17, 15) is 4.79 Å². The number of unbranched alkanes of at least 4 members (excludes halogenated alkanes) is 2. The van der Waals surface area contributed by atoms with Gasteiger partial charge >= 0.3 is 0 Å². The molecular formula is C14H24O. The number of carbonyl (C=O) groups excluding carboxylic acids is 1. The SMILES string of the molecule is CC(C)=CCC1(CCCCC=O)CCC1. The summed E-state index contributed by atoms with van der Waals surface area (Å²) in [4.78, 5) is 10.2. The highest BCUT2D eigenvalue weighted by atomic mass is 16.1. The average Bonchev–Trinajstić information content (AvgIpc) is 2.14. The third-order valence-corrected chi connectivity index (χ3v) is 3.64. The zero-order valence-electron chi connectivity index (χ0n) is 10.2. The van der Waals surface area contributed by atoms with Gasteiger partial charge in [0.15, 0.2) is 0 Å². The highest BCUT2D eigenvalue weighted by molar-refractivity contribution is 5.48. The van der Waals surface area contributed by atoms with Gasteiger partial charge in [-0.15, -0.1) is 0 Å². The van der Waals surface area contributed by atoms with Gasteiger partial charge in [-0.1, -0.05) is 24.5 Å². The van der Waals surface area contributed by atoms with Crippen molar-refractivity contribution in [2.24, 2.45) is 5.41 Å². The molecule has 0 saturated heterocycles. The van der Waals surface area contributed by atoms with Crippen LogP contribution < -0.4 is 0 Å². The van der Waals surface area contributed by atoms with Crippen LogP contribution in [0.15, 0.2) is 11.6 Å². The molecule has 0 amide bonds. The zero-order valence-corrected chi connectivity index (χ0v) is 10.2. The molecule has 1 rings (SSSR count). The van der Waals surface area contributed by atoms with E-state index < -0.39 is 0 Å². The molecule has 1 heteroatoms. The van der Waals surface area contributed by atoms with Crippen molar-refractivity contribution in [1.82, 2.24) is 0 Å². The standard InChI is InChI=1S/C14H24O/c1-13(2)7-11-14(9-6-10-14)8-4-3-5-12-15/h7,12H,3-6,8-11H2,1-2H3. The Kier molecular flexibility index (Phi) is 5.07. The second-order valence-corrected chi connectivity index (χ2v) is 5.25. The fraction of sp³-hybridized carbons (Fsp3) is 0.786. The highest BCUT2D eigenvalue weighted by Gasteiger charge is 2.34. The van der Waals surface area contributed by atoms with E-state index in [-0.39, 0.29) is 0 Å². The van der Waals surface area contributed by atoms with E-state index in [1.165, 1.54) is 44.1 Å². The second kappa shape index (κ2) is 6.09. The Morgan fingerprint density at radius 1 is 1.27 bits per heavy atom. The van der Waals surface area contributed by atoms with E-state index in [2.05, 4.69) is 19.9 Å². The molecule has 0 aromatic rings. The summed E-state index contributed by atoms with van der Waals surface area (Å²) >= 11 is 0. The van der Waals surface area contributed by atoms with Crippen LogP contribution >= 0.6 is 0 Å². The minimum Gasteiger partial charge on any atom is -0.303 e. The van der Waals surface area contributed by atoms with Gasteiger partial charge in [-0.25, -0.2) is 0 Å². The molecule has 0 spiro atoms. The summed E-state index contributed by atoms with van der Waals surface area (Å²) in [6.45, 7) is 4.36. The molecule has 86 valence electrons. The summed E-state index contributed by atoms with van der Waals surface area (Å²) < 4.78 is 0. The minimum absolute atomic E-state index is 0.611. The molecule has 0 aliphatic heterocycles. The van der Waals surface area contributed by atoms with Crippen molar-refractivity contribution in [3.63, 3.8) is 0 Å². The summed E-state index contributed by atoms with van der Waals surface area (Å²) in [5.74, 6) is 0. The molecule has 0 unspecified atom stereocenters. The van der Waals surface area contributed by atoms with Crippen molar-refractivity contribution >= 4 is 6.29 Å². The summed E-state index contributed by atoms with van der Waals surface area (Å²) in [5.41, 5.74) is 2.05.